The number of aliphatic hydroxyl groups excluding tert-OH is 1. The van der Waals surface area contributed by atoms with Gasteiger partial charge >= 0.3 is 0 Å². The van der Waals surface area contributed by atoms with Crippen LogP contribution in [0, 0.1) is 17.3 Å². The van der Waals surface area contributed by atoms with Crippen LogP contribution in [0.1, 0.15) is 52.4 Å². The lowest BCUT2D eigenvalue weighted by molar-refractivity contribution is 0.205. The number of nitrogens with one attached hydrogen (secondary N) is 1. The van der Waals surface area contributed by atoms with Gasteiger partial charge < -0.3 is 10.4 Å². The molecule has 2 fully saturated rings. The smallest absolute Gasteiger partial charge is 0.0436 e. The summed E-state index contributed by atoms with van der Waals surface area (Å²) in [5.74, 6) is 1.78. The Bertz CT molecular complexity index is 225. The first-order valence-electron chi connectivity index (χ1n) is 6.99. The van der Waals surface area contributed by atoms with Gasteiger partial charge in [-0.1, -0.05) is 13.8 Å². The van der Waals surface area contributed by atoms with E-state index in [4.69, 9.17) is 5.11 Å². The third kappa shape index (κ3) is 2.98. The maximum atomic E-state index is 9.03. The second-order valence-electron chi connectivity index (χ2n) is 6.32. The Balaban J connectivity index is 1.70. The first-order valence-corrected chi connectivity index (χ1v) is 6.99. The highest BCUT2D eigenvalue weighted by Crippen LogP contribution is 2.48. The van der Waals surface area contributed by atoms with Crippen LogP contribution in [0.4, 0.5) is 0 Å². The van der Waals surface area contributed by atoms with Crippen LogP contribution in [0.3, 0.4) is 0 Å². The molecule has 16 heavy (non-hydrogen) atoms. The molecule has 3 atom stereocenters. The molecule has 2 heteroatoms. The monoisotopic (exact) mass is 225 g/mol. The Labute approximate surface area is 99.8 Å². The van der Waals surface area contributed by atoms with Gasteiger partial charge in [-0.3, -0.25) is 0 Å². The predicted molar refractivity (Wildman–Crippen MR) is 67.3 cm³/mol. The lowest BCUT2D eigenvalue weighted by Crippen LogP contribution is -2.39. The Kier molecular flexibility index (Phi) is 3.91. The molecule has 94 valence electrons. The SMILES string of the molecule is CC1CCC(NCC2(CCO)CC2)CC1C. The molecule has 2 rings (SSSR count). The van der Waals surface area contributed by atoms with E-state index < -0.39 is 0 Å². The summed E-state index contributed by atoms with van der Waals surface area (Å²) >= 11 is 0. The van der Waals surface area contributed by atoms with Gasteiger partial charge in [0.15, 0.2) is 0 Å². The van der Waals surface area contributed by atoms with E-state index in [1.165, 1.54) is 32.1 Å². The van der Waals surface area contributed by atoms with Crippen LogP contribution in [0.25, 0.3) is 0 Å². The minimum Gasteiger partial charge on any atom is -0.396 e. The fraction of sp³-hybridized carbons (Fsp3) is 1.00. The molecule has 2 N–H and O–H groups in total. The Morgan fingerprint density at radius 2 is 1.94 bits per heavy atom. The third-order valence-electron chi connectivity index (χ3n) is 4.96. The topological polar surface area (TPSA) is 32.3 Å². The average Bonchev–Trinajstić information content (AvgIpc) is 3.01. The summed E-state index contributed by atoms with van der Waals surface area (Å²) < 4.78 is 0. The molecule has 0 amide bonds. The highest BCUT2D eigenvalue weighted by atomic mass is 16.3. The van der Waals surface area contributed by atoms with Crippen molar-refractivity contribution in [1.82, 2.24) is 5.32 Å². The molecule has 0 aromatic carbocycles. The van der Waals surface area contributed by atoms with E-state index in [0.29, 0.717) is 12.0 Å². The van der Waals surface area contributed by atoms with Gasteiger partial charge in [0.1, 0.15) is 0 Å². The quantitative estimate of drug-likeness (QED) is 0.753. The van der Waals surface area contributed by atoms with E-state index in [0.717, 1.165) is 30.8 Å². The summed E-state index contributed by atoms with van der Waals surface area (Å²) in [6.07, 6.45) is 7.71. The van der Waals surface area contributed by atoms with Crippen molar-refractivity contribution in [3.05, 3.63) is 0 Å². The van der Waals surface area contributed by atoms with Gasteiger partial charge in [0.05, 0.1) is 0 Å². The van der Waals surface area contributed by atoms with Crippen LogP contribution >= 0.6 is 0 Å². The lowest BCUT2D eigenvalue weighted by Gasteiger charge is -2.33. The first kappa shape index (κ1) is 12.4. The zero-order valence-corrected chi connectivity index (χ0v) is 10.8. The van der Waals surface area contributed by atoms with Gasteiger partial charge in [0, 0.05) is 19.2 Å². The summed E-state index contributed by atoms with van der Waals surface area (Å²) in [6, 6.07) is 0.738. The Morgan fingerprint density at radius 3 is 2.50 bits per heavy atom. The molecule has 0 saturated heterocycles. The molecule has 2 aliphatic rings. The van der Waals surface area contributed by atoms with Gasteiger partial charge in [0.2, 0.25) is 0 Å². The molecule has 2 aliphatic carbocycles. The van der Waals surface area contributed by atoms with Gasteiger partial charge in [-0.2, -0.15) is 0 Å². The minimum absolute atomic E-state index is 0.361. The van der Waals surface area contributed by atoms with E-state index in [2.05, 4.69) is 19.2 Å². The normalized spacial score (nSPS) is 37.3. The Hall–Kier alpha value is -0.0800. The molecule has 0 heterocycles. The molecule has 2 saturated carbocycles. The molecular weight excluding hydrogens is 198 g/mol. The fourth-order valence-corrected chi connectivity index (χ4v) is 3.02. The van der Waals surface area contributed by atoms with Crippen molar-refractivity contribution in [2.24, 2.45) is 17.3 Å². The average molecular weight is 225 g/mol. The molecule has 0 aromatic heterocycles. The van der Waals surface area contributed by atoms with E-state index >= 15 is 0 Å². The maximum Gasteiger partial charge on any atom is 0.0436 e. The summed E-state index contributed by atoms with van der Waals surface area (Å²) in [6.45, 7) is 6.27. The van der Waals surface area contributed by atoms with Crippen LogP contribution in [0.2, 0.25) is 0 Å². The van der Waals surface area contributed by atoms with Gasteiger partial charge in [0.25, 0.3) is 0 Å². The van der Waals surface area contributed by atoms with Crippen LogP contribution in [-0.4, -0.2) is 24.3 Å². The van der Waals surface area contributed by atoms with E-state index in [9.17, 15) is 0 Å². The second-order valence-corrected chi connectivity index (χ2v) is 6.32. The summed E-state index contributed by atoms with van der Waals surface area (Å²) in [5.41, 5.74) is 0.473. The van der Waals surface area contributed by atoms with Crippen molar-refractivity contribution in [3.8, 4) is 0 Å². The standard InChI is InChI=1S/C14H27NO/c1-11-3-4-13(9-12(11)2)15-10-14(5-6-14)7-8-16/h11-13,15-16H,3-10H2,1-2H3. The molecule has 0 radical (unpaired) electrons. The van der Waals surface area contributed by atoms with Crippen molar-refractivity contribution < 1.29 is 5.11 Å². The van der Waals surface area contributed by atoms with Gasteiger partial charge in [-0.05, 0) is 55.8 Å². The molecule has 0 bridgehead atoms. The summed E-state index contributed by atoms with van der Waals surface area (Å²) in [7, 11) is 0. The molecule has 3 unspecified atom stereocenters. The number of hydrogen-bond donors (Lipinski definition) is 2. The maximum absolute atomic E-state index is 9.03. The second kappa shape index (κ2) is 5.05. The molecule has 0 spiro atoms. The van der Waals surface area contributed by atoms with E-state index in [1.807, 2.05) is 0 Å². The summed E-state index contributed by atoms with van der Waals surface area (Å²) in [4.78, 5) is 0. The number of rotatable bonds is 5. The highest BCUT2D eigenvalue weighted by molar-refractivity contribution is 4.95. The zero-order chi connectivity index (χ0) is 11.6. The van der Waals surface area contributed by atoms with E-state index in [-0.39, 0.29) is 0 Å². The van der Waals surface area contributed by atoms with Crippen LogP contribution in [-0.2, 0) is 0 Å². The van der Waals surface area contributed by atoms with Gasteiger partial charge in [-0.15, -0.1) is 0 Å². The zero-order valence-electron chi connectivity index (χ0n) is 10.8. The molecule has 0 aliphatic heterocycles. The fourth-order valence-electron chi connectivity index (χ4n) is 3.02. The van der Waals surface area contributed by atoms with E-state index in [1.54, 1.807) is 0 Å². The van der Waals surface area contributed by atoms with Crippen molar-refractivity contribution in [3.63, 3.8) is 0 Å². The van der Waals surface area contributed by atoms with Crippen molar-refractivity contribution in [2.75, 3.05) is 13.2 Å². The summed E-state index contributed by atoms with van der Waals surface area (Å²) in [5, 5.41) is 12.8. The lowest BCUT2D eigenvalue weighted by atomic mass is 9.79. The van der Waals surface area contributed by atoms with Crippen molar-refractivity contribution >= 4 is 0 Å². The largest absolute Gasteiger partial charge is 0.396 e. The van der Waals surface area contributed by atoms with Crippen LogP contribution in [0.5, 0.6) is 0 Å². The predicted octanol–water partition coefficient (Wildman–Crippen LogP) is 2.56. The molecular formula is C14H27NO. The van der Waals surface area contributed by atoms with Gasteiger partial charge in [-0.25, -0.2) is 0 Å². The molecule has 2 nitrogen and oxygen atoms in total. The third-order valence-corrected chi connectivity index (χ3v) is 4.96. The number of hydrogen-bond acceptors (Lipinski definition) is 2. The highest BCUT2D eigenvalue weighted by Gasteiger charge is 2.42. The number of aliphatic hydroxyl groups is 1. The Morgan fingerprint density at radius 1 is 1.19 bits per heavy atom. The first-order chi connectivity index (χ1) is 7.65. The van der Waals surface area contributed by atoms with Crippen LogP contribution < -0.4 is 5.32 Å². The van der Waals surface area contributed by atoms with Crippen LogP contribution in [0.15, 0.2) is 0 Å². The minimum atomic E-state index is 0.361. The van der Waals surface area contributed by atoms with Crippen molar-refractivity contribution in [2.45, 2.75) is 58.4 Å². The van der Waals surface area contributed by atoms with Crippen molar-refractivity contribution in [1.29, 1.82) is 0 Å². The molecule has 0 aromatic rings.